The molecule has 0 aliphatic carbocycles. The number of carbonyl (C=O) groups excluding carboxylic acids is 2. The Labute approximate surface area is 190 Å². The Morgan fingerprint density at radius 3 is 2.45 bits per heavy atom. The van der Waals surface area contributed by atoms with Gasteiger partial charge >= 0.3 is 6.61 Å². The van der Waals surface area contributed by atoms with Gasteiger partial charge in [-0.25, -0.2) is 0 Å². The Hall–Kier alpha value is -3.46. The van der Waals surface area contributed by atoms with E-state index in [0.29, 0.717) is 44.8 Å². The number of nitrogens with one attached hydrogen (secondary N) is 2. The van der Waals surface area contributed by atoms with E-state index in [4.69, 9.17) is 0 Å². The fourth-order valence-electron chi connectivity index (χ4n) is 3.91. The number of rotatable bonds is 8. The quantitative estimate of drug-likeness (QED) is 0.547. The standard InChI is InChI=1S/C24H26F2N4O3/c25-24(26)33-19-7-5-17(6-8-19)9-10-27-22(31)16-29-11-13-30(14-12-29)23(32)21-15-18-3-1-2-4-20(18)28-21/h1-8,15,24,28H,9-14,16H2,(H,27,31). The lowest BCUT2D eigenvalue weighted by atomic mass is 10.1. The number of alkyl halides is 2. The molecular weight excluding hydrogens is 430 g/mol. The molecule has 2 N–H and O–H groups in total. The van der Waals surface area contributed by atoms with Gasteiger partial charge in [-0.05, 0) is 36.2 Å². The van der Waals surface area contributed by atoms with Crippen molar-refractivity contribution >= 4 is 22.7 Å². The number of benzene rings is 2. The lowest BCUT2D eigenvalue weighted by Crippen LogP contribution is -2.51. The van der Waals surface area contributed by atoms with Crippen molar-refractivity contribution in [2.75, 3.05) is 39.3 Å². The molecule has 0 atom stereocenters. The number of halogens is 2. The van der Waals surface area contributed by atoms with Gasteiger partial charge in [-0.3, -0.25) is 14.5 Å². The molecule has 0 spiro atoms. The molecule has 2 heterocycles. The van der Waals surface area contributed by atoms with E-state index in [1.807, 2.05) is 35.2 Å². The first-order valence-corrected chi connectivity index (χ1v) is 10.9. The highest BCUT2D eigenvalue weighted by Crippen LogP contribution is 2.17. The smallest absolute Gasteiger partial charge is 0.387 e. The zero-order valence-corrected chi connectivity index (χ0v) is 18.1. The van der Waals surface area contributed by atoms with Gasteiger partial charge in [-0.2, -0.15) is 8.78 Å². The Bertz CT molecular complexity index is 1060. The summed E-state index contributed by atoms with van der Waals surface area (Å²) in [6, 6.07) is 16.0. The van der Waals surface area contributed by atoms with Crippen LogP contribution in [-0.4, -0.2) is 72.5 Å². The van der Waals surface area contributed by atoms with Crippen LogP contribution in [0.5, 0.6) is 5.75 Å². The largest absolute Gasteiger partial charge is 0.435 e. The molecule has 1 aromatic heterocycles. The van der Waals surface area contributed by atoms with Crippen molar-refractivity contribution in [3.05, 3.63) is 65.9 Å². The molecule has 1 saturated heterocycles. The van der Waals surface area contributed by atoms with Crippen molar-refractivity contribution in [2.24, 2.45) is 0 Å². The molecule has 2 aromatic carbocycles. The zero-order valence-electron chi connectivity index (χ0n) is 18.1. The first kappa shape index (κ1) is 22.7. The van der Waals surface area contributed by atoms with Gasteiger partial charge in [0.1, 0.15) is 11.4 Å². The van der Waals surface area contributed by atoms with Crippen molar-refractivity contribution in [2.45, 2.75) is 13.0 Å². The minimum Gasteiger partial charge on any atom is -0.435 e. The number of hydrogen-bond donors (Lipinski definition) is 2. The van der Waals surface area contributed by atoms with E-state index in [9.17, 15) is 18.4 Å². The van der Waals surface area contributed by atoms with E-state index >= 15 is 0 Å². The molecule has 1 aliphatic heterocycles. The molecule has 0 radical (unpaired) electrons. The highest BCUT2D eigenvalue weighted by molar-refractivity contribution is 5.98. The lowest BCUT2D eigenvalue weighted by molar-refractivity contribution is -0.122. The number of H-pyrrole nitrogens is 1. The van der Waals surface area contributed by atoms with Crippen LogP contribution < -0.4 is 10.1 Å². The minimum absolute atomic E-state index is 0.0275. The average molecular weight is 456 g/mol. The molecule has 0 saturated carbocycles. The Morgan fingerprint density at radius 1 is 1.03 bits per heavy atom. The van der Waals surface area contributed by atoms with Gasteiger partial charge in [0.05, 0.1) is 6.54 Å². The van der Waals surface area contributed by atoms with Gasteiger partial charge in [0.15, 0.2) is 0 Å². The summed E-state index contributed by atoms with van der Waals surface area (Å²) in [5, 5.41) is 3.89. The monoisotopic (exact) mass is 456 g/mol. The van der Waals surface area contributed by atoms with E-state index in [-0.39, 0.29) is 24.1 Å². The molecule has 7 nitrogen and oxygen atoms in total. The third-order valence-corrected chi connectivity index (χ3v) is 5.67. The number of aromatic nitrogens is 1. The number of amides is 2. The molecular formula is C24H26F2N4O3. The topological polar surface area (TPSA) is 77.7 Å². The van der Waals surface area contributed by atoms with Crippen LogP contribution in [0.3, 0.4) is 0 Å². The number of hydrogen-bond acceptors (Lipinski definition) is 4. The van der Waals surface area contributed by atoms with Gasteiger partial charge < -0.3 is 19.9 Å². The van der Waals surface area contributed by atoms with Crippen LogP contribution in [0, 0.1) is 0 Å². The SMILES string of the molecule is O=C(CN1CCN(C(=O)c2cc3ccccc3[nH]2)CC1)NCCc1ccc(OC(F)F)cc1. The molecule has 3 aromatic rings. The van der Waals surface area contributed by atoms with Gasteiger partial charge in [-0.1, -0.05) is 30.3 Å². The zero-order chi connectivity index (χ0) is 23.2. The van der Waals surface area contributed by atoms with Gasteiger partial charge in [0, 0.05) is 43.6 Å². The molecule has 33 heavy (non-hydrogen) atoms. The molecule has 174 valence electrons. The summed E-state index contributed by atoms with van der Waals surface area (Å²) in [5.74, 6) is 0.00303. The molecule has 1 aliphatic rings. The lowest BCUT2D eigenvalue weighted by Gasteiger charge is -2.34. The average Bonchev–Trinajstić information content (AvgIpc) is 3.24. The first-order valence-electron chi connectivity index (χ1n) is 10.9. The Balaban J connectivity index is 1.17. The van der Waals surface area contributed by atoms with Gasteiger partial charge in [0.2, 0.25) is 5.91 Å². The van der Waals surface area contributed by atoms with Gasteiger partial charge in [-0.15, -0.1) is 0 Å². The molecule has 2 amide bonds. The maximum Gasteiger partial charge on any atom is 0.387 e. The van der Waals surface area contributed by atoms with Gasteiger partial charge in [0.25, 0.3) is 5.91 Å². The van der Waals surface area contributed by atoms with Crippen LogP contribution in [0.1, 0.15) is 16.1 Å². The summed E-state index contributed by atoms with van der Waals surface area (Å²) in [6.45, 7) is 0.269. The molecule has 0 unspecified atom stereocenters. The summed E-state index contributed by atoms with van der Waals surface area (Å²) in [6.07, 6.45) is 0.591. The van der Waals surface area contributed by atoms with Crippen LogP contribution in [-0.2, 0) is 11.2 Å². The maximum absolute atomic E-state index is 12.8. The van der Waals surface area contributed by atoms with E-state index in [2.05, 4.69) is 15.0 Å². The predicted octanol–water partition coefficient (Wildman–Crippen LogP) is 2.89. The van der Waals surface area contributed by atoms with Crippen molar-refractivity contribution in [1.82, 2.24) is 20.1 Å². The summed E-state index contributed by atoms with van der Waals surface area (Å²) < 4.78 is 28.7. The Morgan fingerprint density at radius 2 is 1.76 bits per heavy atom. The summed E-state index contributed by atoms with van der Waals surface area (Å²) >= 11 is 0. The third kappa shape index (κ3) is 6.07. The third-order valence-electron chi connectivity index (χ3n) is 5.67. The van der Waals surface area contributed by atoms with Crippen LogP contribution in [0.15, 0.2) is 54.6 Å². The number of ether oxygens (including phenoxy) is 1. The van der Waals surface area contributed by atoms with Crippen molar-refractivity contribution in [1.29, 1.82) is 0 Å². The number of piperazine rings is 1. The minimum atomic E-state index is -2.84. The fourth-order valence-corrected chi connectivity index (χ4v) is 3.91. The summed E-state index contributed by atoms with van der Waals surface area (Å²) in [4.78, 5) is 32.1. The van der Waals surface area contributed by atoms with E-state index in [0.717, 1.165) is 16.5 Å². The fraction of sp³-hybridized carbons (Fsp3) is 0.333. The highest BCUT2D eigenvalue weighted by Gasteiger charge is 2.24. The van der Waals surface area contributed by atoms with Crippen LogP contribution in [0.2, 0.25) is 0 Å². The molecule has 4 rings (SSSR count). The van der Waals surface area contributed by atoms with E-state index < -0.39 is 6.61 Å². The normalized spacial score (nSPS) is 14.6. The van der Waals surface area contributed by atoms with Crippen molar-refractivity contribution in [3.8, 4) is 5.75 Å². The first-order chi connectivity index (χ1) is 16.0. The summed E-state index contributed by atoms with van der Waals surface area (Å²) in [5.41, 5.74) is 2.44. The molecule has 1 fully saturated rings. The number of aromatic amines is 1. The number of carbonyl (C=O) groups is 2. The van der Waals surface area contributed by atoms with Crippen molar-refractivity contribution < 1.29 is 23.1 Å². The van der Waals surface area contributed by atoms with Crippen LogP contribution in [0.25, 0.3) is 10.9 Å². The number of para-hydroxylation sites is 1. The Kier molecular flexibility index (Phi) is 7.19. The number of fused-ring (bicyclic) bond motifs is 1. The second-order valence-corrected chi connectivity index (χ2v) is 7.96. The second-order valence-electron chi connectivity index (χ2n) is 7.96. The molecule has 0 bridgehead atoms. The summed E-state index contributed by atoms with van der Waals surface area (Å²) in [7, 11) is 0. The predicted molar refractivity (Wildman–Crippen MR) is 120 cm³/mol. The maximum atomic E-state index is 12.8. The van der Waals surface area contributed by atoms with Crippen LogP contribution >= 0.6 is 0 Å². The van der Waals surface area contributed by atoms with Crippen LogP contribution in [0.4, 0.5) is 8.78 Å². The van der Waals surface area contributed by atoms with Crippen molar-refractivity contribution in [3.63, 3.8) is 0 Å². The second kappa shape index (κ2) is 10.4. The highest BCUT2D eigenvalue weighted by atomic mass is 19.3. The van der Waals surface area contributed by atoms with E-state index in [1.165, 1.54) is 12.1 Å². The van der Waals surface area contributed by atoms with E-state index in [1.54, 1.807) is 17.0 Å². The number of nitrogens with zero attached hydrogens (tertiary/aromatic N) is 2. The molecule has 9 heteroatoms.